The van der Waals surface area contributed by atoms with E-state index in [0.717, 1.165) is 17.8 Å². The zero-order valence-corrected chi connectivity index (χ0v) is 16.5. The number of thioether (sulfide) groups is 1. The molecule has 0 spiro atoms. The van der Waals surface area contributed by atoms with Gasteiger partial charge in [0.05, 0.1) is 11.4 Å². The van der Waals surface area contributed by atoms with Gasteiger partial charge in [-0.1, -0.05) is 55.1 Å². The summed E-state index contributed by atoms with van der Waals surface area (Å²) in [5.74, 6) is 1.57. The standard InChI is InChI=1S/C19H19N9S/c1-2-13-8-6-7-11-15(13)21-18-23-16(22-17(20)24-18)12-29-19-25-26-27-28(19)14-9-4-3-5-10-14/h3-11H,2,12H2,1H3,(H3,20,21,22,23,24). The van der Waals surface area contributed by atoms with Crippen LogP contribution in [0.1, 0.15) is 18.3 Å². The number of aromatic nitrogens is 7. The Morgan fingerprint density at radius 2 is 1.79 bits per heavy atom. The number of benzene rings is 2. The third-order valence-corrected chi connectivity index (χ3v) is 5.03. The van der Waals surface area contributed by atoms with Gasteiger partial charge in [-0.25, -0.2) is 0 Å². The first-order valence-corrected chi connectivity index (χ1v) is 10.0. The molecule has 4 aromatic rings. The quantitative estimate of drug-likeness (QED) is 0.447. The second-order valence-corrected chi connectivity index (χ2v) is 7.01. The average molecular weight is 405 g/mol. The van der Waals surface area contributed by atoms with E-state index in [-0.39, 0.29) is 5.95 Å². The van der Waals surface area contributed by atoms with E-state index in [9.17, 15) is 0 Å². The fraction of sp³-hybridized carbons (Fsp3) is 0.158. The fourth-order valence-electron chi connectivity index (χ4n) is 2.76. The summed E-state index contributed by atoms with van der Waals surface area (Å²) in [6.45, 7) is 2.10. The zero-order valence-electron chi connectivity index (χ0n) is 15.7. The molecule has 4 rings (SSSR count). The molecule has 0 aliphatic rings. The maximum atomic E-state index is 5.90. The molecule has 29 heavy (non-hydrogen) atoms. The Bertz CT molecular complexity index is 1100. The molecular weight excluding hydrogens is 386 g/mol. The Morgan fingerprint density at radius 3 is 2.62 bits per heavy atom. The van der Waals surface area contributed by atoms with E-state index in [0.29, 0.717) is 22.7 Å². The van der Waals surface area contributed by atoms with Crippen molar-refractivity contribution in [2.45, 2.75) is 24.3 Å². The van der Waals surface area contributed by atoms with E-state index >= 15 is 0 Å². The topological polar surface area (TPSA) is 120 Å². The van der Waals surface area contributed by atoms with Crippen molar-refractivity contribution in [3.63, 3.8) is 0 Å². The lowest BCUT2D eigenvalue weighted by atomic mass is 10.1. The lowest BCUT2D eigenvalue weighted by Gasteiger charge is -2.10. The minimum Gasteiger partial charge on any atom is -0.368 e. The SMILES string of the molecule is CCc1ccccc1Nc1nc(N)nc(CSc2nnnn2-c2ccccc2)n1. The van der Waals surface area contributed by atoms with Crippen molar-refractivity contribution in [2.75, 3.05) is 11.1 Å². The van der Waals surface area contributed by atoms with Gasteiger partial charge >= 0.3 is 0 Å². The monoisotopic (exact) mass is 405 g/mol. The predicted molar refractivity (Wildman–Crippen MR) is 112 cm³/mol. The largest absolute Gasteiger partial charge is 0.368 e. The third-order valence-electron chi connectivity index (χ3n) is 4.12. The molecule has 0 amide bonds. The summed E-state index contributed by atoms with van der Waals surface area (Å²) >= 11 is 1.42. The molecule has 0 aliphatic carbocycles. The van der Waals surface area contributed by atoms with Crippen LogP contribution >= 0.6 is 11.8 Å². The van der Waals surface area contributed by atoms with E-state index in [1.54, 1.807) is 4.68 Å². The summed E-state index contributed by atoms with van der Waals surface area (Å²) in [6, 6.07) is 17.7. The molecule has 0 bridgehead atoms. The number of para-hydroxylation sites is 2. The van der Waals surface area contributed by atoms with Crippen molar-refractivity contribution in [2.24, 2.45) is 0 Å². The highest BCUT2D eigenvalue weighted by Gasteiger charge is 2.12. The number of hydrogen-bond acceptors (Lipinski definition) is 9. The maximum Gasteiger partial charge on any atom is 0.232 e. The van der Waals surface area contributed by atoms with Gasteiger partial charge in [0, 0.05) is 5.69 Å². The van der Waals surface area contributed by atoms with Crippen LogP contribution in [0.15, 0.2) is 59.8 Å². The fourth-order valence-corrected chi connectivity index (χ4v) is 3.50. The van der Waals surface area contributed by atoms with Crippen LogP contribution in [0.2, 0.25) is 0 Å². The highest BCUT2D eigenvalue weighted by molar-refractivity contribution is 7.98. The Kier molecular flexibility index (Phi) is 5.61. The van der Waals surface area contributed by atoms with Crippen molar-refractivity contribution in [3.05, 3.63) is 66.0 Å². The molecule has 3 N–H and O–H groups in total. The third kappa shape index (κ3) is 4.49. The second-order valence-electron chi connectivity index (χ2n) is 6.07. The molecule has 0 saturated heterocycles. The first kappa shape index (κ1) is 18.8. The summed E-state index contributed by atoms with van der Waals surface area (Å²) in [5, 5.41) is 15.8. The van der Waals surface area contributed by atoms with E-state index in [1.165, 1.54) is 17.3 Å². The molecular formula is C19H19N9S. The minimum absolute atomic E-state index is 0.162. The van der Waals surface area contributed by atoms with Gasteiger partial charge < -0.3 is 11.1 Å². The van der Waals surface area contributed by atoms with Gasteiger partial charge in [-0.3, -0.25) is 0 Å². The van der Waals surface area contributed by atoms with Gasteiger partial charge in [0.2, 0.25) is 17.1 Å². The number of hydrogen-bond donors (Lipinski definition) is 2. The molecule has 10 heteroatoms. The lowest BCUT2D eigenvalue weighted by molar-refractivity contribution is 0.756. The number of nitrogen functional groups attached to an aromatic ring is 1. The summed E-state index contributed by atoms with van der Waals surface area (Å²) in [6.07, 6.45) is 0.897. The highest BCUT2D eigenvalue weighted by Crippen LogP contribution is 2.23. The van der Waals surface area contributed by atoms with E-state index in [2.05, 4.69) is 48.8 Å². The number of anilines is 3. The first-order chi connectivity index (χ1) is 14.2. The summed E-state index contributed by atoms with van der Waals surface area (Å²) in [4.78, 5) is 12.9. The van der Waals surface area contributed by atoms with Gasteiger partial charge in [0.1, 0.15) is 5.82 Å². The summed E-state index contributed by atoms with van der Waals surface area (Å²) in [5.41, 5.74) is 8.90. The first-order valence-electron chi connectivity index (χ1n) is 9.05. The molecule has 0 saturated carbocycles. The van der Waals surface area contributed by atoms with E-state index < -0.39 is 0 Å². The predicted octanol–water partition coefficient (Wildman–Crippen LogP) is 3.03. The normalized spacial score (nSPS) is 10.8. The molecule has 0 unspecified atom stereocenters. The number of tetrazole rings is 1. The van der Waals surface area contributed by atoms with E-state index in [1.807, 2.05) is 48.5 Å². The molecule has 2 aromatic carbocycles. The van der Waals surface area contributed by atoms with Crippen molar-refractivity contribution < 1.29 is 0 Å². The van der Waals surface area contributed by atoms with Crippen LogP contribution in [0.4, 0.5) is 17.6 Å². The molecule has 146 valence electrons. The van der Waals surface area contributed by atoms with Crippen molar-refractivity contribution >= 4 is 29.3 Å². The van der Waals surface area contributed by atoms with Gasteiger partial charge in [0.15, 0.2) is 0 Å². The van der Waals surface area contributed by atoms with E-state index in [4.69, 9.17) is 5.73 Å². The van der Waals surface area contributed by atoms with Crippen LogP contribution < -0.4 is 11.1 Å². The Hall–Kier alpha value is -3.53. The van der Waals surface area contributed by atoms with Gasteiger partial charge in [0.25, 0.3) is 0 Å². The maximum absolute atomic E-state index is 5.90. The van der Waals surface area contributed by atoms with Crippen LogP contribution in [0.25, 0.3) is 5.69 Å². The number of nitrogens with zero attached hydrogens (tertiary/aromatic N) is 7. The van der Waals surface area contributed by atoms with Crippen LogP contribution in [0.5, 0.6) is 0 Å². The second kappa shape index (κ2) is 8.65. The molecule has 0 radical (unpaired) electrons. The van der Waals surface area contributed by atoms with Crippen molar-refractivity contribution in [1.29, 1.82) is 0 Å². The van der Waals surface area contributed by atoms with Gasteiger partial charge in [-0.05, 0) is 40.6 Å². The molecule has 0 atom stereocenters. The Morgan fingerprint density at radius 1 is 1.00 bits per heavy atom. The molecule has 2 aromatic heterocycles. The zero-order chi connectivity index (χ0) is 20.1. The summed E-state index contributed by atoms with van der Waals surface area (Å²) in [7, 11) is 0. The van der Waals surface area contributed by atoms with Crippen LogP contribution in [0.3, 0.4) is 0 Å². The van der Waals surface area contributed by atoms with Crippen LogP contribution in [-0.4, -0.2) is 35.2 Å². The Labute approximate surface area is 171 Å². The number of nitrogens with two attached hydrogens (primary N) is 1. The van der Waals surface area contributed by atoms with Crippen molar-refractivity contribution in [1.82, 2.24) is 35.2 Å². The molecule has 0 fully saturated rings. The average Bonchev–Trinajstić information content (AvgIpc) is 3.22. The number of nitrogens with one attached hydrogen (secondary N) is 1. The van der Waals surface area contributed by atoms with Crippen LogP contribution in [-0.2, 0) is 12.2 Å². The molecule has 9 nitrogen and oxygen atoms in total. The molecule has 0 aliphatic heterocycles. The highest BCUT2D eigenvalue weighted by atomic mass is 32.2. The Balaban J connectivity index is 1.52. The number of aryl methyl sites for hydroxylation is 1. The smallest absolute Gasteiger partial charge is 0.232 e. The van der Waals surface area contributed by atoms with Crippen LogP contribution in [0, 0.1) is 0 Å². The van der Waals surface area contributed by atoms with Crippen molar-refractivity contribution in [3.8, 4) is 5.69 Å². The molecule has 2 heterocycles. The lowest BCUT2D eigenvalue weighted by Crippen LogP contribution is -2.07. The van der Waals surface area contributed by atoms with Gasteiger partial charge in [-0.2, -0.15) is 19.6 Å². The number of rotatable bonds is 7. The van der Waals surface area contributed by atoms with Gasteiger partial charge in [-0.15, -0.1) is 5.10 Å². The summed E-state index contributed by atoms with van der Waals surface area (Å²) < 4.78 is 1.67. The minimum atomic E-state index is 0.162.